The molecule has 0 spiro atoms. The molecule has 9 heteroatoms. The van der Waals surface area contributed by atoms with Crippen LogP contribution in [0.5, 0.6) is 0 Å². The standard InChI is InChI=1S/C21H28N4O5/c1-4-21(3)19(28)25(20(29)22-21)14-17(26)30-15(2)18(27)24-12-10-23(11-13-24)16-8-6-5-7-9-16/h5-9,15H,4,10-14H2,1-3H3,(H,22,29)/t15-,21-/m1/s1. The van der Waals surface area contributed by atoms with Crippen LogP contribution in [0, 0.1) is 0 Å². The van der Waals surface area contributed by atoms with Crippen molar-refractivity contribution in [2.75, 3.05) is 37.6 Å². The minimum atomic E-state index is -1.02. The van der Waals surface area contributed by atoms with Gasteiger partial charge in [0.05, 0.1) is 0 Å². The van der Waals surface area contributed by atoms with E-state index in [1.807, 2.05) is 30.3 Å². The second-order valence-corrected chi connectivity index (χ2v) is 7.79. The number of esters is 1. The summed E-state index contributed by atoms with van der Waals surface area (Å²) in [5.74, 6) is -1.54. The molecule has 1 aromatic rings. The molecule has 2 atom stereocenters. The summed E-state index contributed by atoms with van der Waals surface area (Å²) in [6.45, 7) is 6.81. The van der Waals surface area contributed by atoms with E-state index in [0.717, 1.165) is 10.6 Å². The first-order valence-corrected chi connectivity index (χ1v) is 10.2. The molecule has 9 nitrogen and oxygen atoms in total. The molecule has 2 saturated heterocycles. The lowest BCUT2D eigenvalue weighted by molar-refractivity contribution is -0.160. The number of hydrogen-bond donors (Lipinski definition) is 1. The number of rotatable bonds is 6. The fraction of sp³-hybridized carbons (Fsp3) is 0.524. The van der Waals surface area contributed by atoms with Gasteiger partial charge in [-0.2, -0.15) is 0 Å². The van der Waals surface area contributed by atoms with E-state index < -0.39 is 36.1 Å². The van der Waals surface area contributed by atoms with Crippen molar-refractivity contribution in [2.24, 2.45) is 0 Å². The zero-order valence-electron chi connectivity index (χ0n) is 17.6. The number of benzene rings is 1. The van der Waals surface area contributed by atoms with E-state index >= 15 is 0 Å². The number of carbonyl (C=O) groups is 4. The molecule has 2 aliphatic heterocycles. The van der Waals surface area contributed by atoms with Gasteiger partial charge in [0.25, 0.3) is 11.8 Å². The molecule has 2 fully saturated rings. The topological polar surface area (TPSA) is 99.3 Å². The molecule has 1 N–H and O–H groups in total. The molecule has 0 radical (unpaired) electrons. The van der Waals surface area contributed by atoms with Crippen molar-refractivity contribution in [3.8, 4) is 0 Å². The van der Waals surface area contributed by atoms with Crippen LogP contribution in [-0.4, -0.2) is 78.0 Å². The van der Waals surface area contributed by atoms with Gasteiger partial charge in [0.1, 0.15) is 12.1 Å². The van der Waals surface area contributed by atoms with Crippen LogP contribution in [0.3, 0.4) is 0 Å². The fourth-order valence-corrected chi connectivity index (χ4v) is 3.63. The van der Waals surface area contributed by atoms with E-state index in [0.29, 0.717) is 32.6 Å². The zero-order valence-corrected chi connectivity index (χ0v) is 17.6. The van der Waals surface area contributed by atoms with Gasteiger partial charge in [0.15, 0.2) is 6.10 Å². The fourth-order valence-electron chi connectivity index (χ4n) is 3.63. The lowest BCUT2D eigenvalue weighted by atomic mass is 9.99. The Balaban J connectivity index is 1.49. The molecular formula is C21H28N4O5. The Morgan fingerprint density at radius 3 is 2.33 bits per heavy atom. The third kappa shape index (κ3) is 4.39. The van der Waals surface area contributed by atoms with Crippen molar-refractivity contribution in [3.05, 3.63) is 30.3 Å². The van der Waals surface area contributed by atoms with Crippen LogP contribution in [0.25, 0.3) is 0 Å². The summed E-state index contributed by atoms with van der Waals surface area (Å²) in [5.41, 5.74) is 0.0914. The summed E-state index contributed by atoms with van der Waals surface area (Å²) in [5, 5.41) is 2.58. The van der Waals surface area contributed by atoms with Gasteiger partial charge in [-0.05, 0) is 32.4 Å². The molecule has 2 heterocycles. The Bertz CT molecular complexity index is 822. The highest BCUT2D eigenvalue weighted by atomic mass is 16.5. The molecular weight excluding hydrogens is 388 g/mol. The summed E-state index contributed by atoms with van der Waals surface area (Å²) in [6, 6.07) is 9.34. The number of imide groups is 1. The monoisotopic (exact) mass is 416 g/mol. The summed E-state index contributed by atoms with van der Waals surface area (Å²) >= 11 is 0. The first-order chi connectivity index (χ1) is 14.2. The van der Waals surface area contributed by atoms with Crippen LogP contribution in [0.2, 0.25) is 0 Å². The molecule has 3 rings (SSSR count). The number of nitrogens with zero attached hydrogens (tertiary/aromatic N) is 3. The molecule has 0 unspecified atom stereocenters. The number of hydrogen-bond acceptors (Lipinski definition) is 6. The Labute approximate surface area is 175 Å². The Morgan fingerprint density at radius 2 is 1.77 bits per heavy atom. The summed E-state index contributed by atoms with van der Waals surface area (Å²) in [6.07, 6.45) is -0.577. The number of urea groups is 1. The lowest BCUT2D eigenvalue weighted by Crippen LogP contribution is -2.52. The van der Waals surface area contributed by atoms with Gasteiger partial charge in [-0.15, -0.1) is 0 Å². The molecule has 0 aromatic heterocycles. The highest BCUT2D eigenvalue weighted by Crippen LogP contribution is 2.21. The van der Waals surface area contributed by atoms with Gasteiger partial charge in [0.2, 0.25) is 0 Å². The van der Waals surface area contributed by atoms with Crippen LogP contribution < -0.4 is 10.2 Å². The first kappa shape index (κ1) is 21.6. The lowest BCUT2D eigenvalue weighted by Gasteiger charge is -2.37. The van der Waals surface area contributed by atoms with Crippen molar-refractivity contribution < 1.29 is 23.9 Å². The van der Waals surface area contributed by atoms with E-state index in [1.165, 1.54) is 6.92 Å². The average molecular weight is 416 g/mol. The van der Waals surface area contributed by atoms with E-state index in [1.54, 1.807) is 18.7 Å². The van der Waals surface area contributed by atoms with Gasteiger partial charge >= 0.3 is 12.0 Å². The summed E-state index contributed by atoms with van der Waals surface area (Å²) in [7, 11) is 0. The molecule has 4 amide bonds. The molecule has 162 valence electrons. The molecule has 0 bridgehead atoms. The van der Waals surface area contributed by atoms with Gasteiger partial charge in [0, 0.05) is 31.9 Å². The van der Waals surface area contributed by atoms with Crippen molar-refractivity contribution in [3.63, 3.8) is 0 Å². The number of nitrogens with one attached hydrogen (secondary N) is 1. The second kappa shape index (κ2) is 8.73. The quantitative estimate of drug-likeness (QED) is 0.548. The predicted molar refractivity (Wildman–Crippen MR) is 110 cm³/mol. The van der Waals surface area contributed by atoms with E-state index in [2.05, 4.69) is 10.2 Å². The third-order valence-corrected chi connectivity index (χ3v) is 5.71. The van der Waals surface area contributed by atoms with Crippen LogP contribution >= 0.6 is 0 Å². The number of anilines is 1. The number of ether oxygens (including phenoxy) is 1. The molecule has 1 aromatic carbocycles. The van der Waals surface area contributed by atoms with Gasteiger partial charge in [-0.1, -0.05) is 25.1 Å². The van der Waals surface area contributed by atoms with Crippen molar-refractivity contribution in [2.45, 2.75) is 38.8 Å². The largest absolute Gasteiger partial charge is 0.451 e. The Morgan fingerprint density at radius 1 is 1.13 bits per heavy atom. The van der Waals surface area contributed by atoms with Crippen LogP contribution in [0.4, 0.5) is 10.5 Å². The van der Waals surface area contributed by atoms with E-state index in [4.69, 9.17) is 4.74 Å². The van der Waals surface area contributed by atoms with E-state index in [-0.39, 0.29) is 5.91 Å². The van der Waals surface area contributed by atoms with Crippen LogP contribution in [0.15, 0.2) is 30.3 Å². The normalized spacial score (nSPS) is 22.7. The van der Waals surface area contributed by atoms with Gasteiger partial charge < -0.3 is 19.9 Å². The molecule has 0 aliphatic carbocycles. The van der Waals surface area contributed by atoms with Gasteiger partial charge in [-0.25, -0.2) is 4.79 Å². The predicted octanol–water partition coefficient (Wildman–Crippen LogP) is 0.987. The summed E-state index contributed by atoms with van der Waals surface area (Å²) in [4.78, 5) is 54.0. The Kier molecular flexibility index (Phi) is 6.28. The number of piperazine rings is 1. The minimum absolute atomic E-state index is 0.286. The Hall–Kier alpha value is -3.10. The SMILES string of the molecule is CC[C@@]1(C)NC(=O)N(CC(=O)O[C@H](C)C(=O)N2CCN(c3ccccc3)CC2)C1=O. The van der Waals surface area contributed by atoms with Gasteiger partial charge in [-0.3, -0.25) is 19.3 Å². The number of amides is 4. The second-order valence-electron chi connectivity index (χ2n) is 7.79. The maximum absolute atomic E-state index is 12.7. The average Bonchev–Trinajstić information content (AvgIpc) is 2.97. The molecule has 30 heavy (non-hydrogen) atoms. The van der Waals surface area contributed by atoms with Crippen molar-refractivity contribution in [1.82, 2.24) is 15.1 Å². The molecule has 0 saturated carbocycles. The highest BCUT2D eigenvalue weighted by Gasteiger charge is 2.47. The van der Waals surface area contributed by atoms with E-state index in [9.17, 15) is 19.2 Å². The maximum Gasteiger partial charge on any atom is 0.327 e. The zero-order chi connectivity index (χ0) is 21.9. The smallest absolute Gasteiger partial charge is 0.327 e. The third-order valence-electron chi connectivity index (χ3n) is 5.71. The maximum atomic E-state index is 12.7. The van der Waals surface area contributed by atoms with Crippen molar-refractivity contribution in [1.29, 1.82) is 0 Å². The van der Waals surface area contributed by atoms with Crippen molar-refractivity contribution >= 4 is 29.5 Å². The highest BCUT2D eigenvalue weighted by molar-refractivity contribution is 6.08. The first-order valence-electron chi connectivity index (χ1n) is 10.2. The number of para-hydroxylation sites is 1. The molecule has 2 aliphatic rings. The summed E-state index contributed by atoms with van der Waals surface area (Å²) < 4.78 is 5.22. The number of carbonyl (C=O) groups excluding carboxylic acids is 4. The minimum Gasteiger partial charge on any atom is -0.451 e. The van der Waals surface area contributed by atoms with Crippen LogP contribution in [-0.2, 0) is 19.1 Å². The van der Waals surface area contributed by atoms with Crippen LogP contribution in [0.1, 0.15) is 27.2 Å².